The van der Waals surface area contributed by atoms with Crippen LogP contribution in [0.1, 0.15) is 24.4 Å². The van der Waals surface area contributed by atoms with E-state index in [1.54, 1.807) is 35.1 Å². The van der Waals surface area contributed by atoms with Gasteiger partial charge < -0.3 is 4.90 Å². The van der Waals surface area contributed by atoms with Crippen LogP contribution in [0.15, 0.2) is 54.7 Å². The van der Waals surface area contributed by atoms with Gasteiger partial charge in [-0.2, -0.15) is 23.0 Å². The Balaban J connectivity index is 1.52. The van der Waals surface area contributed by atoms with Gasteiger partial charge in [0.15, 0.2) is 11.6 Å². The summed E-state index contributed by atoms with van der Waals surface area (Å²) in [6.45, 7) is 1.84. The number of anilines is 1. The second-order valence-electron chi connectivity index (χ2n) is 7.60. The zero-order valence-electron chi connectivity index (χ0n) is 18.3. The maximum absolute atomic E-state index is 13.6. The van der Waals surface area contributed by atoms with E-state index in [2.05, 4.69) is 30.0 Å². The van der Waals surface area contributed by atoms with Crippen LogP contribution in [0, 0.1) is 0 Å². The minimum absolute atomic E-state index is 0.0605. The number of rotatable bonds is 5. The third-order valence-electron chi connectivity index (χ3n) is 5.49. The normalized spacial score (nSPS) is 12.7. The fourth-order valence-electron chi connectivity index (χ4n) is 3.69. The largest absolute Gasteiger partial charge is 0.418 e. The van der Waals surface area contributed by atoms with Gasteiger partial charge in [-0.15, -0.1) is 11.3 Å². The number of hydrogen-bond acceptors (Lipinski definition) is 8. The molecule has 0 bridgehead atoms. The molecule has 0 aliphatic rings. The lowest BCUT2D eigenvalue weighted by molar-refractivity contribution is -0.136. The zero-order chi connectivity index (χ0) is 24.7. The van der Waals surface area contributed by atoms with E-state index in [4.69, 9.17) is 11.6 Å². The number of benzene rings is 1. The molecule has 178 valence electrons. The molecule has 1 aromatic carbocycles. The van der Waals surface area contributed by atoms with Gasteiger partial charge in [0.05, 0.1) is 17.1 Å². The first-order chi connectivity index (χ1) is 16.7. The quantitative estimate of drug-likeness (QED) is 0.300. The van der Waals surface area contributed by atoms with Crippen LogP contribution in [0.25, 0.3) is 27.3 Å². The molecule has 0 saturated carbocycles. The second kappa shape index (κ2) is 8.86. The van der Waals surface area contributed by atoms with Crippen LogP contribution in [0.2, 0.25) is 5.02 Å². The van der Waals surface area contributed by atoms with Crippen LogP contribution in [0.4, 0.5) is 19.0 Å². The van der Waals surface area contributed by atoms with Gasteiger partial charge in [-0.05, 0) is 31.2 Å². The number of alkyl halides is 3. The summed E-state index contributed by atoms with van der Waals surface area (Å²) >= 11 is 7.54. The Morgan fingerprint density at radius 1 is 1.06 bits per heavy atom. The predicted octanol–water partition coefficient (Wildman–Crippen LogP) is 5.60. The molecule has 5 rings (SSSR count). The average molecular weight is 517 g/mol. The third kappa shape index (κ3) is 4.30. The Bertz CT molecular complexity index is 1490. The Morgan fingerprint density at radius 3 is 2.57 bits per heavy atom. The predicted molar refractivity (Wildman–Crippen MR) is 127 cm³/mol. The van der Waals surface area contributed by atoms with Crippen molar-refractivity contribution in [3.8, 4) is 16.4 Å². The molecule has 1 atom stereocenters. The molecule has 0 N–H and O–H groups in total. The van der Waals surface area contributed by atoms with E-state index >= 15 is 0 Å². The van der Waals surface area contributed by atoms with Crippen molar-refractivity contribution in [2.24, 2.45) is 0 Å². The van der Waals surface area contributed by atoms with Crippen molar-refractivity contribution in [1.29, 1.82) is 0 Å². The van der Waals surface area contributed by atoms with E-state index in [-0.39, 0.29) is 21.7 Å². The Kier molecular flexibility index (Phi) is 5.85. The van der Waals surface area contributed by atoms with Gasteiger partial charge in [0.2, 0.25) is 0 Å². The average Bonchev–Trinajstić information content (AvgIpc) is 3.54. The smallest absolute Gasteiger partial charge is 0.349 e. The molecule has 5 aromatic rings. The van der Waals surface area contributed by atoms with Crippen molar-refractivity contribution in [3.63, 3.8) is 0 Å². The number of halogens is 4. The van der Waals surface area contributed by atoms with E-state index < -0.39 is 17.8 Å². The van der Waals surface area contributed by atoms with Crippen molar-refractivity contribution in [1.82, 2.24) is 34.7 Å². The summed E-state index contributed by atoms with van der Waals surface area (Å²) in [5.41, 5.74) is -0.273. The minimum Gasteiger partial charge on any atom is -0.349 e. The van der Waals surface area contributed by atoms with Gasteiger partial charge in [0.25, 0.3) is 0 Å². The van der Waals surface area contributed by atoms with Gasteiger partial charge in [-0.1, -0.05) is 11.6 Å². The SMILES string of the molecule is C[C@@H](c1ncnn1-c1ccc(-c2nccs2)cn1)N(C)c1ncnc2c(C(F)(F)F)cc(Cl)cc12. The summed E-state index contributed by atoms with van der Waals surface area (Å²) in [4.78, 5) is 23.0. The van der Waals surface area contributed by atoms with Crippen molar-refractivity contribution in [2.45, 2.75) is 19.1 Å². The van der Waals surface area contributed by atoms with Crippen LogP contribution >= 0.6 is 22.9 Å². The summed E-state index contributed by atoms with van der Waals surface area (Å²) in [6, 6.07) is 5.54. The lowest BCUT2D eigenvalue weighted by Crippen LogP contribution is -2.26. The Morgan fingerprint density at radius 2 is 1.89 bits per heavy atom. The molecule has 35 heavy (non-hydrogen) atoms. The number of hydrogen-bond donors (Lipinski definition) is 0. The standard InChI is InChI=1S/C22H16ClF3N8S/c1-12(19-31-11-32-34(19)17-4-3-13(9-28-17)21-27-5-6-35-21)33(2)20-15-7-14(23)8-16(22(24,25)26)18(15)29-10-30-20/h3-12H,1-2H3/t12-/m0/s1. The molecule has 13 heteroatoms. The number of nitrogens with zero attached hydrogens (tertiary/aromatic N) is 8. The fourth-order valence-corrected chi connectivity index (χ4v) is 4.54. The highest BCUT2D eigenvalue weighted by atomic mass is 35.5. The number of fused-ring (bicyclic) bond motifs is 1. The monoisotopic (exact) mass is 516 g/mol. The van der Waals surface area contributed by atoms with Crippen molar-refractivity contribution >= 4 is 39.7 Å². The molecule has 0 spiro atoms. The first kappa shape index (κ1) is 23.1. The highest BCUT2D eigenvalue weighted by Crippen LogP contribution is 2.39. The molecule has 0 radical (unpaired) electrons. The van der Waals surface area contributed by atoms with Crippen molar-refractivity contribution in [3.05, 3.63) is 71.1 Å². The molecule has 0 fully saturated rings. The van der Waals surface area contributed by atoms with E-state index in [1.807, 2.05) is 18.4 Å². The Hall–Kier alpha value is -3.64. The van der Waals surface area contributed by atoms with Crippen molar-refractivity contribution in [2.75, 3.05) is 11.9 Å². The maximum atomic E-state index is 13.6. The van der Waals surface area contributed by atoms with Crippen LogP contribution in [-0.4, -0.2) is 41.7 Å². The molecule has 0 aliphatic carbocycles. The van der Waals surface area contributed by atoms with E-state index in [1.165, 1.54) is 23.7 Å². The van der Waals surface area contributed by atoms with Crippen molar-refractivity contribution < 1.29 is 13.2 Å². The van der Waals surface area contributed by atoms with Crippen LogP contribution in [-0.2, 0) is 6.18 Å². The highest BCUT2D eigenvalue weighted by molar-refractivity contribution is 7.13. The van der Waals surface area contributed by atoms with Gasteiger partial charge in [0.1, 0.15) is 23.5 Å². The molecular weight excluding hydrogens is 501 g/mol. The molecule has 0 aliphatic heterocycles. The van der Waals surface area contributed by atoms with E-state index in [9.17, 15) is 13.2 Å². The van der Waals surface area contributed by atoms with Gasteiger partial charge >= 0.3 is 6.18 Å². The lowest BCUT2D eigenvalue weighted by atomic mass is 10.1. The number of pyridine rings is 1. The number of thiazole rings is 1. The van der Waals surface area contributed by atoms with Crippen LogP contribution < -0.4 is 4.90 Å². The first-order valence-electron chi connectivity index (χ1n) is 10.2. The molecule has 0 amide bonds. The third-order valence-corrected chi connectivity index (χ3v) is 6.54. The lowest BCUT2D eigenvalue weighted by Gasteiger charge is -2.26. The van der Waals surface area contributed by atoms with Crippen LogP contribution in [0.5, 0.6) is 0 Å². The topological polar surface area (TPSA) is 85.5 Å². The molecule has 0 unspecified atom stereocenters. The molecule has 0 saturated heterocycles. The molecular formula is C22H16ClF3N8S. The fraction of sp³-hybridized carbons (Fsp3) is 0.182. The molecule has 4 heterocycles. The Labute approximate surface area is 206 Å². The summed E-state index contributed by atoms with van der Waals surface area (Å²) < 4.78 is 42.4. The number of aromatic nitrogens is 7. The summed E-state index contributed by atoms with van der Waals surface area (Å²) in [6.07, 6.45) is 1.31. The van der Waals surface area contributed by atoms with Gasteiger partial charge in [-0.3, -0.25) is 0 Å². The van der Waals surface area contributed by atoms with Gasteiger partial charge in [0, 0.05) is 40.8 Å². The molecule has 4 aromatic heterocycles. The summed E-state index contributed by atoms with van der Waals surface area (Å²) in [5.74, 6) is 1.33. The minimum atomic E-state index is -4.62. The summed E-state index contributed by atoms with van der Waals surface area (Å²) in [7, 11) is 1.71. The van der Waals surface area contributed by atoms with Gasteiger partial charge in [-0.25, -0.2) is 24.9 Å². The second-order valence-corrected chi connectivity index (χ2v) is 8.93. The maximum Gasteiger partial charge on any atom is 0.418 e. The van der Waals surface area contributed by atoms with E-state index in [0.29, 0.717) is 11.6 Å². The van der Waals surface area contributed by atoms with Crippen LogP contribution in [0.3, 0.4) is 0 Å². The summed E-state index contributed by atoms with van der Waals surface area (Å²) in [5, 5.41) is 7.16. The van der Waals surface area contributed by atoms with E-state index in [0.717, 1.165) is 23.0 Å². The zero-order valence-corrected chi connectivity index (χ0v) is 19.8. The molecule has 8 nitrogen and oxygen atoms in total. The first-order valence-corrected chi connectivity index (χ1v) is 11.5. The highest BCUT2D eigenvalue weighted by Gasteiger charge is 2.35.